The van der Waals surface area contributed by atoms with Gasteiger partial charge < -0.3 is 20.8 Å². The lowest BCUT2D eigenvalue weighted by atomic mass is 10.2. The average Bonchev–Trinajstić information content (AvgIpc) is 2.94. The first-order valence-electron chi connectivity index (χ1n) is 8.94. The van der Waals surface area contributed by atoms with Crippen molar-refractivity contribution >= 4 is 39.3 Å². The summed E-state index contributed by atoms with van der Waals surface area (Å²) in [6.07, 6.45) is 0.601. The Morgan fingerprint density at radius 2 is 2.00 bits per heavy atom. The normalized spacial score (nSPS) is 12.2. The van der Waals surface area contributed by atoms with Crippen molar-refractivity contribution in [3.8, 4) is 0 Å². The maximum atomic E-state index is 12.9. The van der Waals surface area contributed by atoms with Crippen molar-refractivity contribution in [3.05, 3.63) is 23.8 Å². The number of amides is 1. The third-order valence-corrected chi connectivity index (χ3v) is 5.80. The Morgan fingerprint density at radius 1 is 1.32 bits per heavy atom. The van der Waals surface area contributed by atoms with Crippen LogP contribution in [-0.4, -0.2) is 53.6 Å². The molecule has 0 atom stereocenters. The lowest BCUT2D eigenvalue weighted by Crippen LogP contribution is -2.35. The van der Waals surface area contributed by atoms with Gasteiger partial charge in [-0.2, -0.15) is 0 Å². The number of ether oxygens (including phenoxy) is 1. The average molecular weight is 410 g/mol. The first-order valence-corrected chi connectivity index (χ1v) is 10.4. The second kappa shape index (κ2) is 8.17. The molecule has 1 heterocycles. The number of benzene rings is 1. The van der Waals surface area contributed by atoms with Gasteiger partial charge in [-0.1, -0.05) is 6.07 Å². The summed E-state index contributed by atoms with van der Waals surface area (Å²) in [4.78, 5) is 16.1. The van der Waals surface area contributed by atoms with Gasteiger partial charge in [-0.15, -0.1) is 0 Å². The molecule has 0 saturated heterocycles. The van der Waals surface area contributed by atoms with Crippen LogP contribution in [0.3, 0.4) is 0 Å². The first-order chi connectivity index (χ1) is 13.0. The second-order valence-electron chi connectivity index (χ2n) is 7.54. The first kappa shape index (κ1) is 21.7. The molecule has 1 aromatic heterocycles. The van der Waals surface area contributed by atoms with Crippen LogP contribution in [0.15, 0.2) is 18.2 Å². The SMILES string of the molecule is CC(C)S(=O)(=O)n1c(NCCNC(=O)OC(C)(C)C)nc2ccc(C=N)cc21. The molecule has 0 spiro atoms. The van der Waals surface area contributed by atoms with Crippen LogP contribution in [0.2, 0.25) is 0 Å². The number of carbonyl (C=O) groups is 1. The fourth-order valence-corrected chi connectivity index (χ4v) is 3.58. The minimum absolute atomic E-state index is 0.164. The highest BCUT2D eigenvalue weighted by Crippen LogP contribution is 2.24. The number of imidazole rings is 1. The van der Waals surface area contributed by atoms with Crippen LogP contribution >= 0.6 is 0 Å². The molecule has 0 aliphatic carbocycles. The van der Waals surface area contributed by atoms with Crippen LogP contribution < -0.4 is 10.6 Å². The van der Waals surface area contributed by atoms with Gasteiger partial charge in [0, 0.05) is 19.3 Å². The molecule has 2 aromatic rings. The minimum Gasteiger partial charge on any atom is -0.444 e. The lowest BCUT2D eigenvalue weighted by molar-refractivity contribution is 0.0530. The van der Waals surface area contributed by atoms with E-state index in [1.165, 1.54) is 0 Å². The lowest BCUT2D eigenvalue weighted by Gasteiger charge is -2.19. The Labute approximate surface area is 165 Å². The Hall–Kier alpha value is -2.62. The molecule has 154 valence electrons. The molecular weight excluding hydrogens is 382 g/mol. The highest BCUT2D eigenvalue weighted by molar-refractivity contribution is 7.90. The minimum atomic E-state index is -3.69. The molecule has 1 aromatic carbocycles. The monoisotopic (exact) mass is 409 g/mol. The maximum Gasteiger partial charge on any atom is 0.407 e. The number of hydrogen-bond acceptors (Lipinski definition) is 7. The predicted octanol–water partition coefficient (Wildman–Crippen LogP) is 2.56. The Balaban J connectivity index is 2.24. The second-order valence-corrected chi connectivity index (χ2v) is 9.88. The van der Waals surface area contributed by atoms with Gasteiger partial charge in [0.2, 0.25) is 16.0 Å². The summed E-state index contributed by atoms with van der Waals surface area (Å²) in [6.45, 7) is 8.98. The van der Waals surface area contributed by atoms with Crippen LogP contribution in [0.25, 0.3) is 11.0 Å². The van der Waals surface area contributed by atoms with Crippen molar-refractivity contribution in [3.63, 3.8) is 0 Å². The summed E-state index contributed by atoms with van der Waals surface area (Å²) in [5, 5.41) is 12.3. The molecule has 0 aliphatic heterocycles. The molecule has 9 nitrogen and oxygen atoms in total. The molecule has 0 aliphatic rings. The molecule has 0 bridgehead atoms. The summed E-state index contributed by atoms with van der Waals surface area (Å²) < 4.78 is 32.0. The van der Waals surface area contributed by atoms with Crippen LogP contribution in [0.5, 0.6) is 0 Å². The van der Waals surface area contributed by atoms with Crippen LogP contribution in [-0.2, 0) is 14.8 Å². The van der Waals surface area contributed by atoms with Gasteiger partial charge in [-0.25, -0.2) is 22.2 Å². The van der Waals surface area contributed by atoms with Gasteiger partial charge in [-0.05, 0) is 52.3 Å². The smallest absolute Gasteiger partial charge is 0.407 e. The number of nitrogens with one attached hydrogen (secondary N) is 3. The number of carbonyl (C=O) groups excluding carboxylic acids is 1. The summed E-state index contributed by atoms with van der Waals surface area (Å²) in [5.41, 5.74) is 0.879. The molecule has 0 saturated carbocycles. The van der Waals surface area contributed by atoms with Gasteiger partial charge in [0.15, 0.2) is 0 Å². The fourth-order valence-electron chi connectivity index (χ4n) is 2.39. The highest BCUT2D eigenvalue weighted by Gasteiger charge is 2.25. The van der Waals surface area contributed by atoms with Crippen molar-refractivity contribution in [2.24, 2.45) is 0 Å². The van der Waals surface area contributed by atoms with Gasteiger partial charge in [0.1, 0.15) is 5.60 Å². The number of nitrogens with zero attached hydrogens (tertiary/aromatic N) is 2. The Kier molecular flexibility index (Phi) is 6.33. The van der Waals surface area contributed by atoms with Crippen LogP contribution in [0.4, 0.5) is 10.7 Å². The maximum absolute atomic E-state index is 12.9. The topological polar surface area (TPSA) is 126 Å². The number of alkyl carbamates (subject to hydrolysis) is 1. The molecule has 2 rings (SSSR count). The molecule has 10 heteroatoms. The van der Waals surface area contributed by atoms with Crippen molar-refractivity contribution in [1.29, 1.82) is 5.41 Å². The predicted molar refractivity (Wildman–Crippen MR) is 110 cm³/mol. The number of anilines is 1. The van der Waals surface area contributed by atoms with Crippen LogP contribution in [0, 0.1) is 5.41 Å². The van der Waals surface area contributed by atoms with Crippen LogP contribution in [0.1, 0.15) is 40.2 Å². The zero-order chi connectivity index (χ0) is 21.1. The summed E-state index contributed by atoms with van der Waals surface area (Å²) in [7, 11) is -3.69. The molecule has 0 unspecified atom stereocenters. The number of aromatic nitrogens is 2. The van der Waals surface area contributed by atoms with E-state index in [0.29, 0.717) is 16.6 Å². The van der Waals surface area contributed by atoms with Gasteiger partial charge in [0.25, 0.3) is 0 Å². The molecule has 28 heavy (non-hydrogen) atoms. The third kappa shape index (κ3) is 5.00. The molecule has 0 fully saturated rings. The molecular formula is C18H27N5O4S. The number of hydrogen-bond donors (Lipinski definition) is 3. The molecule has 1 amide bonds. The van der Waals surface area contributed by atoms with E-state index < -0.39 is 27.0 Å². The quantitative estimate of drug-likeness (QED) is 0.476. The number of fused-ring (bicyclic) bond motifs is 1. The molecule has 3 N–H and O–H groups in total. The van der Waals surface area contributed by atoms with E-state index in [2.05, 4.69) is 15.6 Å². The Bertz CT molecular complexity index is 974. The molecule has 0 radical (unpaired) electrons. The van der Waals surface area contributed by atoms with E-state index in [-0.39, 0.29) is 19.0 Å². The Morgan fingerprint density at radius 3 is 2.57 bits per heavy atom. The van der Waals surface area contributed by atoms with E-state index in [4.69, 9.17) is 10.1 Å². The fraction of sp³-hybridized carbons (Fsp3) is 0.500. The van der Waals surface area contributed by atoms with Crippen molar-refractivity contribution in [2.75, 3.05) is 18.4 Å². The summed E-state index contributed by atoms with van der Waals surface area (Å²) in [6, 6.07) is 4.98. The summed E-state index contributed by atoms with van der Waals surface area (Å²) in [5.74, 6) is 0.164. The van der Waals surface area contributed by atoms with E-state index in [9.17, 15) is 13.2 Å². The van der Waals surface area contributed by atoms with Crippen molar-refractivity contribution < 1.29 is 17.9 Å². The third-order valence-electron chi connectivity index (χ3n) is 3.73. The zero-order valence-electron chi connectivity index (χ0n) is 16.7. The van der Waals surface area contributed by atoms with Crippen molar-refractivity contribution in [1.82, 2.24) is 14.3 Å². The van der Waals surface area contributed by atoms with Crippen molar-refractivity contribution in [2.45, 2.75) is 45.5 Å². The van der Waals surface area contributed by atoms with E-state index in [1.807, 2.05) is 0 Å². The van der Waals surface area contributed by atoms with Gasteiger partial charge >= 0.3 is 6.09 Å². The highest BCUT2D eigenvalue weighted by atomic mass is 32.2. The van der Waals surface area contributed by atoms with Gasteiger partial charge in [-0.3, -0.25) is 0 Å². The zero-order valence-corrected chi connectivity index (χ0v) is 17.6. The van der Waals surface area contributed by atoms with E-state index in [1.54, 1.807) is 52.8 Å². The van der Waals surface area contributed by atoms with E-state index >= 15 is 0 Å². The standard InChI is InChI=1S/C18H27N5O4S/c1-12(2)28(25,26)23-15-10-13(11-19)6-7-14(15)22-16(23)20-8-9-21-17(24)27-18(3,4)5/h6-7,10-12,19H,8-9H2,1-5H3,(H,20,22)(H,21,24). The van der Waals surface area contributed by atoms with Gasteiger partial charge in [0.05, 0.1) is 16.3 Å². The largest absolute Gasteiger partial charge is 0.444 e. The summed E-state index contributed by atoms with van der Waals surface area (Å²) >= 11 is 0. The van der Waals surface area contributed by atoms with E-state index in [0.717, 1.165) is 10.2 Å². The number of rotatable bonds is 7.